The number of hydrogen-bond acceptors (Lipinski definition) is 6. The number of nitrogens with zero attached hydrogens (tertiary/aromatic N) is 1. The average Bonchev–Trinajstić information content (AvgIpc) is 3.07. The lowest BCUT2D eigenvalue weighted by molar-refractivity contribution is -0.121. The number of rotatable bonds is 7. The number of hydrogen-bond donors (Lipinski definition) is 2. The average molecular weight is 486 g/mol. The Kier molecular flexibility index (Phi) is 6.26. The highest BCUT2D eigenvalue weighted by molar-refractivity contribution is 7.92. The third-order valence-corrected chi connectivity index (χ3v) is 6.69. The number of halogens is 1. The quantitative estimate of drug-likeness (QED) is 0.492. The number of imide groups is 1. The molecule has 1 atom stereocenters. The van der Waals surface area contributed by atoms with E-state index in [4.69, 9.17) is 16.3 Å². The summed E-state index contributed by atoms with van der Waals surface area (Å²) in [6.07, 6.45) is -0.0270. The lowest BCUT2D eigenvalue weighted by Gasteiger charge is -2.16. The van der Waals surface area contributed by atoms with Crippen molar-refractivity contribution in [2.45, 2.75) is 17.4 Å². The highest BCUT2D eigenvalue weighted by atomic mass is 35.5. The van der Waals surface area contributed by atoms with Crippen LogP contribution in [0.5, 0.6) is 5.75 Å². The molecule has 0 radical (unpaired) electrons. The van der Waals surface area contributed by atoms with Gasteiger partial charge in [0.05, 0.1) is 29.8 Å². The van der Waals surface area contributed by atoms with E-state index in [0.29, 0.717) is 27.8 Å². The lowest BCUT2D eigenvalue weighted by Crippen LogP contribution is -2.34. The van der Waals surface area contributed by atoms with Gasteiger partial charge in [-0.25, -0.2) is 13.3 Å². The zero-order valence-electron chi connectivity index (χ0n) is 17.5. The first-order valence-electron chi connectivity index (χ1n) is 9.93. The minimum Gasteiger partial charge on any atom is -0.495 e. The number of methoxy groups -OCH3 is 1. The minimum atomic E-state index is -3.86. The summed E-state index contributed by atoms with van der Waals surface area (Å²) < 4.78 is 33.2. The molecule has 2 N–H and O–H groups in total. The number of para-hydroxylation sites is 2. The molecule has 0 aliphatic carbocycles. The molecule has 0 spiro atoms. The van der Waals surface area contributed by atoms with Crippen molar-refractivity contribution < 1.29 is 22.7 Å². The maximum Gasteiger partial charge on any atom is 0.262 e. The number of benzene rings is 3. The predicted molar refractivity (Wildman–Crippen MR) is 126 cm³/mol. The van der Waals surface area contributed by atoms with Gasteiger partial charge in [-0.05, 0) is 54.6 Å². The maximum absolute atomic E-state index is 12.8. The van der Waals surface area contributed by atoms with Crippen molar-refractivity contribution >= 4 is 50.5 Å². The van der Waals surface area contributed by atoms with Crippen LogP contribution in [0.25, 0.3) is 0 Å². The standard InChI is InChI=1S/C23H20ClN3O5S/c1-32-21-8-3-2-7-19(21)26-33(30,31)18-11-9-16(10-12-18)25-20-14-22(28)27(23(20)29)17-6-4-5-15(24)13-17/h2-13,20,25-26H,14H2,1H3/t20-/m1/s1. The van der Waals surface area contributed by atoms with Gasteiger partial charge in [-0.15, -0.1) is 0 Å². The summed E-state index contributed by atoms with van der Waals surface area (Å²) in [5, 5.41) is 3.42. The molecule has 0 aromatic heterocycles. The zero-order chi connectivity index (χ0) is 23.6. The van der Waals surface area contributed by atoms with E-state index in [0.717, 1.165) is 4.90 Å². The molecule has 170 valence electrons. The van der Waals surface area contributed by atoms with Gasteiger partial charge in [0.2, 0.25) is 5.91 Å². The van der Waals surface area contributed by atoms with Crippen molar-refractivity contribution in [2.75, 3.05) is 22.0 Å². The van der Waals surface area contributed by atoms with E-state index >= 15 is 0 Å². The van der Waals surface area contributed by atoms with Gasteiger partial charge in [0.25, 0.3) is 15.9 Å². The van der Waals surface area contributed by atoms with Crippen molar-refractivity contribution in [2.24, 2.45) is 0 Å². The number of sulfonamides is 1. The van der Waals surface area contributed by atoms with Crippen LogP contribution in [0, 0.1) is 0 Å². The Hall–Kier alpha value is -3.56. The first-order valence-corrected chi connectivity index (χ1v) is 11.8. The Morgan fingerprint density at radius 1 is 1.00 bits per heavy atom. The summed E-state index contributed by atoms with van der Waals surface area (Å²) in [5.41, 5.74) is 1.23. The third kappa shape index (κ3) is 4.79. The normalized spacial score (nSPS) is 16.1. The molecule has 0 bridgehead atoms. The minimum absolute atomic E-state index is 0.0270. The van der Waals surface area contributed by atoms with Crippen molar-refractivity contribution in [3.8, 4) is 5.75 Å². The Labute approximate surface area is 196 Å². The number of anilines is 3. The molecule has 1 fully saturated rings. The molecule has 2 amide bonds. The Bertz CT molecular complexity index is 1310. The largest absolute Gasteiger partial charge is 0.495 e. The van der Waals surface area contributed by atoms with Crippen molar-refractivity contribution in [1.82, 2.24) is 0 Å². The summed E-state index contributed by atoms with van der Waals surface area (Å²) >= 11 is 5.98. The zero-order valence-corrected chi connectivity index (χ0v) is 19.1. The predicted octanol–water partition coefficient (Wildman–Crippen LogP) is 3.89. The molecular formula is C23H20ClN3O5S. The number of ether oxygens (including phenoxy) is 1. The second-order valence-corrected chi connectivity index (χ2v) is 9.40. The number of nitrogens with one attached hydrogen (secondary N) is 2. The van der Waals surface area contributed by atoms with Crippen LogP contribution in [0.3, 0.4) is 0 Å². The number of carbonyl (C=O) groups excluding carboxylic acids is 2. The fourth-order valence-corrected chi connectivity index (χ4v) is 4.75. The van der Waals surface area contributed by atoms with Gasteiger partial charge in [0.15, 0.2) is 0 Å². The van der Waals surface area contributed by atoms with Gasteiger partial charge < -0.3 is 10.1 Å². The monoisotopic (exact) mass is 485 g/mol. The van der Waals surface area contributed by atoms with Crippen LogP contribution in [0.4, 0.5) is 17.1 Å². The van der Waals surface area contributed by atoms with Crippen LogP contribution in [0.2, 0.25) is 5.02 Å². The van der Waals surface area contributed by atoms with Crippen LogP contribution in [-0.4, -0.2) is 33.4 Å². The molecule has 33 heavy (non-hydrogen) atoms. The Morgan fingerprint density at radius 3 is 2.42 bits per heavy atom. The van der Waals surface area contributed by atoms with E-state index in [1.165, 1.54) is 31.4 Å². The van der Waals surface area contributed by atoms with Gasteiger partial charge in [0.1, 0.15) is 11.8 Å². The van der Waals surface area contributed by atoms with Crippen molar-refractivity contribution in [1.29, 1.82) is 0 Å². The molecule has 3 aromatic rings. The van der Waals surface area contributed by atoms with Crippen molar-refractivity contribution in [3.63, 3.8) is 0 Å². The smallest absolute Gasteiger partial charge is 0.262 e. The summed E-state index contributed by atoms with van der Waals surface area (Å²) in [6.45, 7) is 0. The second-order valence-electron chi connectivity index (χ2n) is 7.28. The molecule has 0 saturated carbocycles. The van der Waals surface area contributed by atoms with Gasteiger partial charge >= 0.3 is 0 Å². The van der Waals surface area contributed by atoms with E-state index in [1.807, 2.05) is 0 Å². The maximum atomic E-state index is 12.8. The molecule has 0 unspecified atom stereocenters. The second kappa shape index (κ2) is 9.13. The first-order chi connectivity index (χ1) is 15.8. The summed E-state index contributed by atoms with van der Waals surface area (Å²) in [7, 11) is -2.40. The van der Waals surface area contributed by atoms with Crippen LogP contribution >= 0.6 is 11.6 Å². The summed E-state index contributed by atoms with van der Waals surface area (Å²) in [6, 6.07) is 18.3. The van der Waals surface area contributed by atoms with Gasteiger partial charge in [0, 0.05) is 10.7 Å². The molecule has 1 aliphatic rings. The van der Waals surface area contributed by atoms with Crippen LogP contribution < -0.4 is 19.7 Å². The molecule has 1 aliphatic heterocycles. The molecule has 4 rings (SSSR count). The summed E-state index contributed by atoms with van der Waals surface area (Å²) in [4.78, 5) is 26.4. The van der Waals surface area contributed by atoms with E-state index in [1.54, 1.807) is 48.5 Å². The van der Waals surface area contributed by atoms with Gasteiger partial charge in [-0.3, -0.25) is 14.3 Å². The highest BCUT2D eigenvalue weighted by Crippen LogP contribution is 2.29. The van der Waals surface area contributed by atoms with E-state index < -0.39 is 22.0 Å². The lowest BCUT2D eigenvalue weighted by atomic mass is 10.2. The molecule has 1 heterocycles. The van der Waals surface area contributed by atoms with E-state index in [9.17, 15) is 18.0 Å². The topological polar surface area (TPSA) is 105 Å². The molecule has 8 nitrogen and oxygen atoms in total. The molecule has 3 aromatic carbocycles. The third-order valence-electron chi connectivity index (χ3n) is 5.07. The van der Waals surface area contributed by atoms with Gasteiger partial charge in [-0.2, -0.15) is 0 Å². The van der Waals surface area contributed by atoms with Crippen LogP contribution in [0.15, 0.2) is 77.7 Å². The van der Waals surface area contributed by atoms with E-state index in [2.05, 4.69) is 10.0 Å². The van der Waals surface area contributed by atoms with E-state index in [-0.39, 0.29) is 17.2 Å². The molecule has 10 heteroatoms. The Balaban J connectivity index is 1.47. The number of amides is 2. The molecule has 1 saturated heterocycles. The molecular weight excluding hydrogens is 466 g/mol. The highest BCUT2D eigenvalue weighted by Gasteiger charge is 2.39. The van der Waals surface area contributed by atoms with Crippen LogP contribution in [0.1, 0.15) is 6.42 Å². The van der Waals surface area contributed by atoms with Crippen molar-refractivity contribution in [3.05, 3.63) is 77.8 Å². The fourth-order valence-electron chi connectivity index (χ4n) is 3.50. The van der Waals surface area contributed by atoms with Crippen LogP contribution in [-0.2, 0) is 19.6 Å². The Morgan fingerprint density at radius 2 is 1.73 bits per heavy atom. The summed E-state index contributed by atoms with van der Waals surface area (Å²) in [5.74, 6) is -0.357. The SMILES string of the molecule is COc1ccccc1NS(=O)(=O)c1ccc(N[C@@H]2CC(=O)N(c3cccc(Cl)c3)C2=O)cc1. The van der Waals surface area contributed by atoms with Gasteiger partial charge in [-0.1, -0.05) is 29.8 Å². The first kappa shape index (κ1) is 22.6. The fraction of sp³-hybridized carbons (Fsp3) is 0.130. The number of carbonyl (C=O) groups is 2.